The molecule has 1 aliphatic rings. The number of anilines is 1. The van der Waals surface area contributed by atoms with Gasteiger partial charge in [0.2, 0.25) is 0 Å². The Morgan fingerprint density at radius 3 is 2.92 bits per heavy atom. The summed E-state index contributed by atoms with van der Waals surface area (Å²) in [5, 5.41) is 10.5. The van der Waals surface area contributed by atoms with Crippen molar-refractivity contribution in [1.29, 1.82) is 5.41 Å². The number of aryl methyl sites for hydroxylation is 1. The molecule has 3 rings (SSSR count). The third-order valence-electron chi connectivity index (χ3n) is 4.20. The Morgan fingerprint density at radius 2 is 2.19 bits per heavy atom. The molecular weight excluding hydrogens is 331 g/mol. The maximum absolute atomic E-state index is 14.1. The number of nitrogens with one attached hydrogen (secondary N) is 2. The minimum atomic E-state index is -0.362. The molecule has 0 saturated heterocycles. The summed E-state index contributed by atoms with van der Waals surface area (Å²) >= 11 is 0. The summed E-state index contributed by atoms with van der Waals surface area (Å²) in [4.78, 5) is 8.33. The molecule has 0 amide bonds. The highest BCUT2D eigenvalue weighted by Gasteiger charge is 2.15. The quantitative estimate of drug-likeness (QED) is 0.722. The second-order valence-corrected chi connectivity index (χ2v) is 5.99. The highest BCUT2D eigenvalue weighted by atomic mass is 19.1. The molecule has 0 aromatic carbocycles. The van der Waals surface area contributed by atoms with Gasteiger partial charge >= 0.3 is 0 Å². The number of nitrogens with two attached hydrogens (primary N) is 1. The molecule has 0 atom stereocenters. The SMILES string of the molecule is CN=C1C=CC(CCNc2cc(F)c3nc(C)cn3c2)=C(N)/C1=C\C=N. The molecule has 0 fully saturated rings. The molecule has 7 heteroatoms. The third-order valence-corrected chi connectivity index (χ3v) is 4.20. The number of aliphatic imine (C=N–C) groups is 1. The molecule has 0 unspecified atom stereocenters. The van der Waals surface area contributed by atoms with E-state index in [0.717, 1.165) is 22.6 Å². The maximum atomic E-state index is 14.1. The number of aromatic nitrogens is 2. The van der Waals surface area contributed by atoms with E-state index in [1.807, 2.05) is 25.3 Å². The van der Waals surface area contributed by atoms with Gasteiger partial charge in [0.1, 0.15) is 0 Å². The number of fused-ring (bicyclic) bond motifs is 1. The van der Waals surface area contributed by atoms with Crippen LogP contribution in [0.15, 0.2) is 58.5 Å². The largest absolute Gasteiger partial charge is 0.398 e. The van der Waals surface area contributed by atoms with Gasteiger partial charge in [-0.15, -0.1) is 0 Å². The molecule has 2 aromatic rings. The highest BCUT2D eigenvalue weighted by Crippen LogP contribution is 2.22. The Hall–Kier alpha value is -3.22. The Balaban J connectivity index is 1.73. The van der Waals surface area contributed by atoms with Crippen LogP contribution in [0.5, 0.6) is 0 Å². The van der Waals surface area contributed by atoms with E-state index >= 15 is 0 Å². The second-order valence-electron chi connectivity index (χ2n) is 5.99. The van der Waals surface area contributed by atoms with Crippen molar-refractivity contribution in [2.45, 2.75) is 13.3 Å². The van der Waals surface area contributed by atoms with Crippen molar-refractivity contribution in [1.82, 2.24) is 9.38 Å². The van der Waals surface area contributed by atoms with Gasteiger partial charge in [-0.05, 0) is 31.1 Å². The summed E-state index contributed by atoms with van der Waals surface area (Å²) in [6.45, 7) is 2.42. The van der Waals surface area contributed by atoms with Crippen molar-refractivity contribution in [3.05, 3.63) is 65.0 Å². The molecule has 0 spiro atoms. The average Bonchev–Trinajstić information content (AvgIpc) is 2.99. The molecule has 1 aliphatic carbocycles. The zero-order valence-electron chi connectivity index (χ0n) is 14.8. The van der Waals surface area contributed by atoms with Crippen LogP contribution in [0.2, 0.25) is 0 Å². The molecule has 0 aliphatic heterocycles. The Kier molecular flexibility index (Phi) is 4.97. The van der Waals surface area contributed by atoms with Gasteiger partial charge in [0.25, 0.3) is 0 Å². The summed E-state index contributed by atoms with van der Waals surface area (Å²) < 4.78 is 15.8. The predicted octanol–water partition coefficient (Wildman–Crippen LogP) is 3.01. The van der Waals surface area contributed by atoms with E-state index in [-0.39, 0.29) is 5.82 Å². The van der Waals surface area contributed by atoms with Gasteiger partial charge in [-0.1, -0.05) is 6.08 Å². The summed E-state index contributed by atoms with van der Waals surface area (Å²) in [5.41, 5.74) is 11.1. The Morgan fingerprint density at radius 1 is 1.38 bits per heavy atom. The number of rotatable bonds is 5. The van der Waals surface area contributed by atoms with E-state index in [1.54, 1.807) is 23.7 Å². The van der Waals surface area contributed by atoms with Crippen LogP contribution in [0, 0.1) is 18.2 Å². The van der Waals surface area contributed by atoms with E-state index in [4.69, 9.17) is 11.1 Å². The van der Waals surface area contributed by atoms with Gasteiger partial charge in [0.15, 0.2) is 11.5 Å². The predicted molar refractivity (Wildman–Crippen MR) is 104 cm³/mol. The molecule has 26 heavy (non-hydrogen) atoms. The number of imidazole rings is 1. The number of hydrogen-bond donors (Lipinski definition) is 3. The lowest BCUT2D eigenvalue weighted by Crippen LogP contribution is -2.17. The van der Waals surface area contributed by atoms with E-state index < -0.39 is 0 Å². The molecule has 2 heterocycles. The number of hydrogen-bond acceptors (Lipinski definition) is 5. The van der Waals surface area contributed by atoms with E-state index in [2.05, 4.69) is 15.3 Å². The number of nitrogens with zero attached hydrogens (tertiary/aromatic N) is 3. The van der Waals surface area contributed by atoms with Crippen LogP contribution in [-0.2, 0) is 0 Å². The van der Waals surface area contributed by atoms with E-state index in [0.29, 0.717) is 30.0 Å². The Labute approximate surface area is 151 Å². The molecule has 6 nitrogen and oxygen atoms in total. The first-order valence-corrected chi connectivity index (χ1v) is 8.27. The van der Waals surface area contributed by atoms with Crippen molar-refractivity contribution in [3.8, 4) is 0 Å². The van der Waals surface area contributed by atoms with Gasteiger partial charge in [0.05, 0.1) is 17.1 Å². The van der Waals surface area contributed by atoms with Gasteiger partial charge < -0.3 is 20.9 Å². The first-order valence-electron chi connectivity index (χ1n) is 8.27. The van der Waals surface area contributed by atoms with Crippen LogP contribution in [0.4, 0.5) is 10.1 Å². The van der Waals surface area contributed by atoms with Crippen LogP contribution in [0.3, 0.4) is 0 Å². The lowest BCUT2D eigenvalue weighted by molar-refractivity contribution is 0.630. The van der Waals surface area contributed by atoms with Crippen LogP contribution < -0.4 is 11.1 Å². The standard InChI is InChI=1S/C19H21FN6/c1-12-10-26-11-14(9-16(20)19(26)25-12)24-8-6-13-3-4-17(23-2)15(5-7-21)18(13)22/h3-5,7,9-11,21,24H,6,8,22H2,1-2H3/b15-5-,21-7?,23-17?. The Bertz CT molecular complexity index is 977. The van der Waals surface area contributed by atoms with Crippen molar-refractivity contribution in [2.75, 3.05) is 18.9 Å². The van der Waals surface area contributed by atoms with Crippen LogP contribution in [0.25, 0.3) is 5.65 Å². The lowest BCUT2D eigenvalue weighted by Gasteiger charge is -2.17. The molecular formula is C19H21FN6. The maximum Gasteiger partial charge on any atom is 0.173 e. The summed E-state index contributed by atoms with van der Waals surface area (Å²) in [6, 6.07) is 1.44. The van der Waals surface area contributed by atoms with Crippen LogP contribution >= 0.6 is 0 Å². The zero-order valence-corrected chi connectivity index (χ0v) is 14.8. The number of allylic oxidation sites excluding steroid dienone is 4. The summed E-state index contributed by atoms with van der Waals surface area (Å²) in [7, 11) is 1.69. The molecule has 4 N–H and O–H groups in total. The van der Waals surface area contributed by atoms with Gasteiger partial charge in [0, 0.05) is 49.5 Å². The first-order chi connectivity index (χ1) is 12.5. The van der Waals surface area contributed by atoms with Crippen molar-refractivity contribution >= 4 is 23.3 Å². The minimum absolute atomic E-state index is 0.322. The first kappa shape index (κ1) is 17.6. The smallest absolute Gasteiger partial charge is 0.173 e. The normalized spacial score (nSPS) is 17.5. The van der Waals surface area contributed by atoms with E-state index in [1.165, 1.54) is 12.3 Å². The summed E-state index contributed by atoms with van der Waals surface area (Å²) in [6.07, 6.45) is 10.9. The molecule has 0 bridgehead atoms. The highest BCUT2D eigenvalue weighted by molar-refractivity contribution is 6.14. The number of halogens is 1. The van der Waals surface area contributed by atoms with Gasteiger partial charge in [-0.25, -0.2) is 9.37 Å². The number of pyridine rings is 1. The lowest BCUT2D eigenvalue weighted by atomic mass is 9.94. The van der Waals surface area contributed by atoms with Gasteiger partial charge in [-0.2, -0.15) is 0 Å². The van der Waals surface area contributed by atoms with E-state index in [9.17, 15) is 4.39 Å². The molecule has 0 radical (unpaired) electrons. The fourth-order valence-corrected chi connectivity index (χ4v) is 2.96. The average molecular weight is 352 g/mol. The molecule has 2 aromatic heterocycles. The third kappa shape index (κ3) is 3.42. The molecule has 0 saturated carbocycles. The fourth-order valence-electron chi connectivity index (χ4n) is 2.96. The van der Waals surface area contributed by atoms with Crippen molar-refractivity contribution < 1.29 is 4.39 Å². The summed E-state index contributed by atoms with van der Waals surface area (Å²) in [5.74, 6) is -0.362. The topological polar surface area (TPSA) is 91.6 Å². The second kappa shape index (κ2) is 7.35. The van der Waals surface area contributed by atoms with Crippen LogP contribution in [0.1, 0.15) is 12.1 Å². The fraction of sp³-hybridized carbons (Fsp3) is 0.211. The van der Waals surface area contributed by atoms with Crippen molar-refractivity contribution in [2.24, 2.45) is 10.7 Å². The van der Waals surface area contributed by atoms with Crippen LogP contribution in [-0.4, -0.2) is 34.9 Å². The van der Waals surface area contributed by atoms with Crippen molar-refractivity contribution in [3.63, 3.8) is 0 Å². The van der Waals surface area contributed by atoms with Gasteiger partial charge in [-0.3, -0.25) is 4.99 Å². The minimum Gasteiger partial charge on any atom is -0.398 e. The monoisotopic (exact) mass is 352 g/mol. The zero-order chi connectivity index (χ0) is 18.7. The molecule has 134 valence electrons.